The molecule has 6 atom stereocenters. The SMILES string of the molecule is CC#CC[C@@H](C)[C@H](O)/C=C/[C@H]1[C@H](O)CC2C/C(=C\CCCC(=O)O)C[C@@H]21. The van der Waals surface area contributed by atoms with Crippen molar-refractivity contribution in [2.45, 2.75) is 71.0 Å². The third-order valence-electron chi connectivity index (χ3n) is 5.85. The zero-order valence-electron chi connectivity index (χ0n) is 15.9. The van der Waals surface area contributed by atoms with Gasteiger partial charge in [0, 0.05) is 18.8 Å². The summed E-state index contributed by atoms with van der Waals surface area (Å²) in [6.07, 6.45) is 10.4. The lowest BCUT2D eigenvalue weighted by atomic mass is 9.89. The molecule has 4 nitrogen and oxygen atoms in total. The van der Waals surface area contributed by atoms with Gasteiger partial charge in [0.1, 0.15) is 0 Å². The summed E-state index contributed by atoms with van der Waals surface area (Å²) < 4.78 is 0. The first-order chi connectivity index (χ1) is 12.4. The predicted molar refractivity (Wildman–Crippen MR) is 102 cm³/mol. The highest BCUT2D eigenvalue weighted by Crippen LogP contribution is 2.50. The van der Waals surface area contributed by atoms with Gasteiger partial charge in [0.05, 0.1) is 12.2 Å². The Morgan fingerprint density at radius 1 is 1.38 bits per heavy atom. The normalized spacial score (nSPS) is 31.6. The van der Waals surface area contributed by atoms with Crippen LogP contribution in [0.1, 0.15) is 58.8 Å². The molecule has 0 heterocycles. The monoisotopic (exact) mass is 360 g/mol. The van der Waals surface area contributed by atoms with Crippen LogP contribution >= 0.6 is 0 Å². The lowest BCUT2D eigenvalue weighted by molar-refractivity contribution is -0.137. The Hall–Kier alpha value is -1.57. The van der Waals surface area contributed by atoms with Crippen LogP contribution < -0.4 is 0 Å². The number of hydrogen-bond acceptors (Lipinski definition) is 3. The van der Waals surface area contributed by atoms with Crippen LogP contribution in [0.2, 0.25) is 0 Å². The summed E-state index contributed by atoms with van der Waals surface area (Å²) >= 11 is 0. The van der Waals surface area contributed by atoms with Crippen LogP contribution in [0, 0.1) is 35.5 Å². The molecule has 2 aliphatic carbocycles. The minimum atomic E-state index is -0.738. The van der Waals surface area contributed by atoms with Crippen molar-refractivity contribution in [3.05, 3.63) is 23.8 Å². The maximum absolute atomic E-state index is 10.6. The number of unbranched alkanes of at least 4 members (excludes halogenated alkanes) is 1. The molecule has 0 saturated heterocycles. The van der Waals surface area contributed by atoms with E-state index in [1.54, 1.807) is 6.92 Å². The standard InChI is InChI=1S/C22H32O4/c1-3-4-7-15(2)20(23)11-10-18-19-13-16(8-5-6-9-22(25)26)12-17(19)14-21(18)24/h8,10-11,15,17-21,23-24H,5-7,9,12-14H2,1-2H3,(H,25,26)/b11-10+,16-8+/t15-,17?,18-,19+,20-,21-/m1/s1. The fraction of sp³-hybridized carbons (Fsp3) is 0.682. The van der Waals surface area contributed by atoms with E-state index in [0.717, 1.165) is 25.7 Å². The fourth-order valence-corrected chi connectivity index (χ4v) is 4.31. The lowest BCUT2D eigenvalue weighted by Crippen LogP contribution is -2.19. The minimum absolute atomic E-state index is 0.0845. The molecule has 0 aromatic carbocycles. The Balaban J connectivity index is 1.89. The molecule has 4 heteroatoms. The second kappa shape index (κ2) is 9.94. The van der Waals surface area contributed by atoms with E-state index in [4.69, 9.17) is 5.11 Å². The summed E-state index contributed by atoms with van der Waals surface area (Å²) in [4.78, 5) is 10.6. The van der Waals surface area contributed by atoms with Crippen molar-refractivity contribution in [3.63, 3.8) is 0 Å². The summed E-state index contributed by atoms with van der Waals surface area (Å²) in [5.41, 5.74) is 1.41. The van der Waals surface area contributed by atoms with Crippen molar-refractivity contribution in [2.24, 2.45) is 23.7 Å². The quantitative estimate of drug-likeness (QED) is 0.351. The third kappa shape index (κ3) is 5.72. The lowest BCUT2D eigenvalue weighted by Gasteiger charge is -2.19. The van der Waals surface area contributed by atoms with Crippen molar-refractivity contribution in [1.82, 2.24) is 0 Å². The molecule has 2 rings (SSSR count). The molecule has 0 aromatic rings. The van der Waals surface area contributed by atoms with Crippen LogP contribution in [-0.4, -0.2) is 33.5 Å². The fourth-order valence-electron chi connectivity index (χ4n) is 4.31. The van der Waals surface area contributed by atoms with Gasteiger partial charge in [0.25, 0.3) is 0 Å². The van der Waals surface area contributed by atoms with Crippen LogP contribution in [0.3, 0.4) is 0 Å². The molecular weight excluding hydrogens is 328 g/mol. The molecule has 0 aromatic heterocycles. The maximum Gasteiger partial charge on any atom is 0.303 e. The van der Waals surface area contributed by atoms with Crippen molar-refractivity contribution in [2.75, 3.05) is 0 Å². The highest BCUT2D eigenvalue weighted by atomic mass is 16.4. The molecule has 0 radical (unpaired) electrons. The molecule has 2 saturated carbocycles. The van der Waals surface area contributed by atoms with E-state index in [9.17, 15) is 15.0 Å². The maximum atomic E-state index is 10.6. The topological polar surface area (TPSA) is 77.8 Å². The van der Waals surface area contributed by atoms with Gasteiger partial charge in [0.2, 0.25) is 0 Å². The summed E-state index contributed by atoms with van der Waals surface area (Å²) in [6, 6.07) is 0. The van der Waals surface area contributed by atoms with Crippen molar-refractivity contribution >= 4 is 5.97 Å². The molecule has 3 N–H and O–H groups in total. The molecule has 2 aliphatic rings. The number of rotatable bonds is 8. The third-order valence-corrected chi connectivity index (χ3v) is 5.85. The van der Waals surface area contributed by atoms with Crippen LogP contribution in [0.5, 0.6) is 0 Å². The average molecular weight is 360 g/mol. The number of carbonyl (C=O) groups is 1. The van der Waals surface area contributed by atoms with Crippen LogP contribution in [0.15, 0.2) is 23.8 Å². The first kappa shape index (κ1) is 20.7. The number of carboxylic acids is 1. The predicted octanol–water partition coefficient (Wildman–Crippen LogP) is 3.54. The molecular formula is C22H32O4. The van der Waals surface area contributed by atoms with Gasteiger partial charge in [-0.05, 0) is 56.8 Å². The Morgan fingerprint density at radius 2 is 2.15 bits per heavy atom. The second-order valence-corrected chi connectivity index (χ2v) is 7.84. The van der Waals surface area contributed by atoms with E-state index in [1.165, 1.54) is 5.57 Å². The van der Waals surface area contributed by atoms with Gasteiger partial charge in [-0.1, -0.05) is 30.7 Å². The average Bonchev–Trinajstić information content (AvgIpc) is 3.10. The van der Waals surface area contributed by atoms with E-state index in [2.05, 4.69) is 17.9 Å². The summed E-state index contributed by atoms with van der Waals surface area (Å²) in [5, 5.41) is 29.4. The molecule has 0 spiro atoms. The van der Waals surface area contributed by atoms with Crippen LogP contribution in [0.4, 0.5) is 0 Å². The Bertz CT molecular complexity index is 595. The van der Waals surface area contributed by atoms with Crippen molar-refractivity contribution in [3.8, 4) is 11.8 Å². The molecule has 0 aliphatic heterocycles. The number of aliphatic hydroxyl groups excluding tert-OH is 2. The van der Waals surface area contributed by atoms with E-state index in [0.29, 0.717) is 24.7 Å². The van der Waals surface area contributed by atoms with Gasteiger partial charge in [-0.15, -0.1) is 11.8 Å². The number of allylic oxidation sites excluding steroid dienone is 2. The van der Waals surface area contributed by atoms with Crippen molar-refractivity contribution < 1.29 is 20.1 Å². The number of fused-ring (bicyclic) bond motifs is 1. The largest absolute Gasteiger partial charge is 0.481 e. The molecule has 26 heavy (non-hydrogen) atoms. The molecule has 2 fully saturated rings. The highest BCUT2D eigenvalue weighted by Gasteiger charge is 2.44. The Morgan fingerprint density at radius 3 is 2.85 bits per heavy atom. The van der Waals surface area contributed by atoms with E-state index < -0.39 is 12.1 Å². The molecule has 1 unspecified atom stereocenters. The molecule has 0 bridgehead atoms. The second-order valence-electron chi connectivity index (χ2n) is 7.84. The van der Waals surface area contributed by atoms with Crippen molar-refractivity contribution in [1.29, 1.82) is 0 Å². The van der Waals surface area contributed by atoms with Gasteiger partial charge in [-0.2, -0.15) is 0 Å². The van der Waals surface area contributed by atoms with Gasteiger partial charge < -0.3 is 15.3 Å². The number of aliphatic carboxylic acids is 1. The number of carboxylic acid groups (broad SMARTS) is 1. The zero-order chi connectivity index (χ0) is 19.1. The molecule has 0 amide bonds. The highest BCUT2D eigenvalue weighted by molar-refractivity contribution is 5.66. The van der Waals surface area contributed by atoms with E-state index >= 15 is 0 Å². The van der Waals surface area contributed by atoms with E-state index in [1.807, 2.05) is 19.1 Å². The zero-order valence-corrected chi connectivity index (χ0v) is 15.9. The molecule has 144 valence electrons. The Kier molecular flexibility index (Phi) is 7.93. The summed E-state index contributed by atoms with van der Waals surface area (Å²) in [7, 11) is 0. The number of aliphatic hydroxyl groups is 2. The van der Waals surface area contributed by atoms with Gasteiger partial charge in [-0.3, -0.25) is 4.79 Å². The van der Waals surface area contributed by atoms with Crippen LogP contribution in [-0.2, 0) is 4.79 Å². The first-order valence-electron chi connectivity index (χ1n) is 9.76. The van der Waals surface area contributed by atoms with Gasteiger partial charge >= 0.3 is 5.97 Å². The van der Waals surface area contributed by atoms with Crippen LogP contribution in [0.25, 0.3) is 0 Å². The smallest absolute Gasteiger partial charge is 0.303 e. The summed E-state index contributed by atoms with van der Waals surface area (Å²) in [6.45, 7) is 3.79. The Labute approximate surface area is 157 Å². The van der Waals surface area contributed by atoms with Gasteiger partial charge in [-0.25, -0.2) is 0 Å². The number of hydrogen-bond donors (Lipinski definition) is 3. The van der Waals surface area contributed by atoms with E-state index in [-0.39, 0.29) is 24.4 Å². The minimum Gasteiger partial charge on any atom is -0.481 e. The first-order valence-corrected chi connectivity index (χ1v) is 9.76. The summed E-state index contributed by atoms with van der Waals surface area (Å²) in [5.74, 6) is 6.25. The van der Waals surface area contributed by atoms with Gasteiger partial charge in [0.15, 0.2) is 0 Å².